The van der Waals surface area contributed by atoms with Gasteiger partial charge in [0.25, 0.3) is 0 Å². The van der Waals surface area contributed by atoms with Gasteiger partial charge in [-0.2, -0.15) is 0 Å². The lowest BCUT2D eigenvalue weighted by molar-refractivity contribution is 0.241. The van der Waals surface area contributed by atoms with Crippen molar-refractivity contribution in [1.29, 1.82) is 0 Å². The molecule has 0 saturated carbocycles. The number of hydrogen-bond donors (Lipinski definition) is 1. The van der Waals surface area contributed by atoms with Crippen LogP contribution in [0.25, 0.3) is 0 Å². The number of sulfonamides is 1. The Bertz CT molecular complexity index is 554. The van der Waals surface area contributed by atoms with Crippen LogP contribution in [0.5, 0.6) is 0 Å². The maximum Gasteiger partial charge on any atom is 0.211 e. The minimum absolute atomic E-state index is 0.333. The van der Waals surface area contributed by atoms with Gasteiger partial charge in [-0.15, -0.1) is 11.3 Å². The Morgan fingerprint density at radius 2 is 2.24 bits per heavy atom. The van der Waals surface area contributed by atoms with Crippen LogP contribution in [0.2, 0.25) is 0 Å². The van der Waals surface area contributed by atoms with Gasteiger partial charge in [-0.1, -0.05) is 6.92 Å². The first-order valence-electron chi connectivity index (χ1n) is 7.65. The molecule has 1 aliphatic heterocycles. The molecular weight excluding hydrogens is 304 g/mol. The van der Waals surface area contributed by atoms with Gasteiger partial charge in [-0.25, -0.2) is 12.7 Å². The van der Waals surface area contributed by atoms with Crippen LogP contribution in [0.15, 0.2) is 12.1 Å². The standard InChI is InChI=1S/C15H26N2O2S2/c1-4-13-7-8-15(20-13)14(16-2)10-12-6-5-9-17(11-12)21(3,18)19/h7-8,12,14,16H,4-6,9-11H2,1-3H3. The highest BCUT2D eigenvalue weighted by atomic mass is 32.2. The highest BCUT2D eigenvalue weighted by Gasteiger charge is 2.28. The lowest BCUT2D eigenvalue weighted by Gasteiger charge is -2.32. The molecule has 0 radical (unpaired) electrons. The van der Waals surface area contributed by atoms with Crippen LogP contribution in [-0.4, -0.2) is 39.1 Å². The molecule has 2 unspecified atom stereocenters. The lowest BCUT2D eigenvalue weighted by Crippen LogP contribution is -2.40. The second-order valence-electron chi connectivity index (χ2n) is 5.86. The Balaban J connectivity index is 2.01. The zero-order valence-electron chi connectivity index (χ0n) is 13.1. The SMILES string of the molecule is CCc1ccc(C(CC2CCCN(S(C)(=O)=O)C2)NC)s1. The largest absolute Gasteiger partial charge is 0.312 e. The number of aryl methyl sites for hydroxylation is 1. The van der Waals surface area contributed by atoms with E-state index in [-0.39, 0.29) is 0 Å². The number of nitrogens with one attached hydrogen (secondary N) is 1. The third-order valence-corrected chi connectivity index (χ3v) is 6.86. The van der Waals surface area contributed by atoms with E-state index in [9.17, 15) is 8.42 Å². The van der Waals surface area contributed by atoms with Gasteiger partial charge in [0.15, 0.2) is 0 Å². The van der Waals surface area contributed by atoms with Crippen LogP contribution in [0.1, 0.15) is 42.0 Å². The van der Waals surface area contributed by atoms with E-state index in [0.717, 1.165) is 25.7 Å². The highest BCUT2D eigenvalue weighted by Crippen LogP contribution is 2.31. The van der Waals surface area contributed by atoms with Gasteiger partial charge in [0.2, 0.25) is 10.0 Å². The van der Waals surface area contributed by atoms with E-state index in [1.54, 1.807) is 4.31 Å². The Morgan fingerprint density at radius 1 is 1.48 bits per heavy atom. The molecule has 0 aromatic carbocycles. The van der Waals surface area contributed by atoms with Crippen molar-refractivity contribution < 1.29 is 8.42 Å². The molecule has 6 heteroatoms. The van der Waals surface area contributed by atoms with Gasteiger partial charge in [-0.3, -0.25) is 0 Å². The van der Waals surface area contributed by atoms with Crippen molar-refractivity contribution in [3.63, 3.8) is 0 Å². The second kappa shape index (κ2) is 7.22. The summed E-state index contributed by atoms with van der Waals surface area (Å²) >= 11 is 1.87. The van der Waals surface area contributed by atoms with Crippen molar-refractivity contribution in [3.05, 3.63) is 21.9 Å². The average molecular weight is 331 g/mol. The van der Waals surface area contributed by atoms with E-state index in [1.165, 1.54) is 16.0 Å². The summed E-state index contributed by atoms with van der Waals surface area (Å²) < 4.78 is 25.1. The van der Waals surface area contributed by atoms with Gasteiger partial charge in [0, 0.05) is 28.9 Å². The van der Waals surface area contributed by atoms with Crippen LogP contribution < -0.4 is 5.32 Å². The number of nitrogens with zero attached hydrogens (tertiary/aromatic N) is 1. The molecule has 2 rings (SSSR count). The molecule has 1 fully saturated rings. The molecule has 0 spiro atoms. The maximum atomic E-state index is 11.7. The predicted molar refractivity (Wildman–Crippen MR) is 89.3 cm³/mol. The van der Waals surface area contributed by atoms with Crippen molar-refractivity contribution in [2.45, 2.75) is 38.6 Å². The quantitative estimate of drug-likeness (QED) is 0.872. The normalized spacial score (nSPS) is 22.3. The molecule has 1 N–H and O–H groups in total. The Labute approximate surface area is 132 Å². The molecule has 1 aliphatic rings. The molecule has 1 aromatic heterocycles. The summed E-state index contributed by atoms with van der Waals surface area (Å²) in [6.07, 6.45) is 5.49. The first kappa shape index (κ1) is 16.9. The van der Waals surface area contributed by atoms with Crippen molar-refractivity contribution in [1.82, 2.24) is 9.62 Å². The van der Waals surface area contributed by atoms with Crippen LogP contribution >= 0.6 is 11.3 Å². The van der Waals surface area contributed by atoms with Gasteiger partial charge < -0.3 is 5.32 Å². The predicted octanol–water partition coefficient (Wildman–Crippen LogP) is 2.63. The zero-order chi connectivity index (χ0) is 15.5. The third-order valence-electron chi connectivity index (χ3n) is 4.24. The van der Waals surface area contributed by atoms with Crippen molar-refractivity contribution in [3.8, 4) is 0 Å². The van der Waals surface area contributed by atoms with Gasteiger partial charge in [0.05, 0.1) is 6.26 Å². The maximum absolute atomic E-state index is 11.7. The summed E-state index contributed by atoms with van der Waals surface area (Å²) in [5.41, 5.74) is 0. The molecule has 1 saturated heterocycles. The zero-order valence-corrected chi connectivity index (χ0v) is 14.8. The smallest absolute Gasteiger partial charge is 0.211 e. The summed E-state index contributed by atoms with van der Waals surface area (Å²) in [5, 5.41) is 3.40. The number of thiophene rings is 1. The summed E-state index contributed by atoms with van der Waals surface area (Å²) in [7, 11) is -1.06. The van der Waals surface area contributed by atoms with E-state index in [0.29, 0.717) is 25.0 Å². The van der Waals surface area contributed by atoms with Crippen molar-refractivity contribution in [2.75, 3.05) is 26.4 Å². The van der Waals surface area contributed by atoms with E-state index < -0.39 is 10.0 Å². The van der Waals surface area contributed by atoms with Gasteiger partial charge in [-0.05, 0) is 50.8 Å². The first-order valence-corrected chi connectivity index (χ1v) is 10.3. The third kappa shape index (κ3) is 4.52. The summed E-state index contributed by atoms with van der Waals surface area (Å²) in [4.78, 5) is 2.78. The van der Waals surface area contributed by atoms with E-state index in [4.69, 9.17) is 0 Å². The van der Waals surface area contributed by atoms with Gasteiger partial charge >= 0.3 is 0 Å². The van der Waals surface area contributed by atoms with Crippen LogP contribution in [0.3, 0.4) is 0 Å². The number of piperidine rings is 1. The topological polar surface area (TPSA) is 49.4 Å². The molecule has 0 amide bonds. The van der Waals surface area contributed by atoms with Crippen LogP contribution in [-0.2, 0) is 16.4 Å². The average Bonchev–Trinajstić information content (AvgIpc) is 2.93. The molecular formula is C15H26N2O2S2. The molecule has 0 bridgehead atoms. The lowest BCUT2D eigenvalue weighted by atomic mass is 9.92. The number of hydrogen-bond acceptors (Lipinski definition) is 4. The fourth-order valence-electron chi connectivity index (χ4n) is 3.00. The van der Waals surface area contributed by atoms with E-state index in [1.807, 2.05) is 18.4 Å². The molecule has 2 heterocycles. The summed E-state index contributed by atoms with van der Waals surface area (Å²) in [5.74, 6) is 0.443. The molecule has 2 atom stereocenters. The molecule has 120 valence electrons. The monoisotopic (exact) mass is 330 g/mol. The Hall–Kier alpha value is -0.430. The minimum Gasteiger partial charge on any atom is -0.312 e. The Morgan fingerprint density at radius 3 is 2.81 bits per heavy atom. The molecule has 0 aliphatic carbocycles. The fraction of sp³-hybridized carbons (Fsp3) is 0.733. The van der Waals surface area contributed by atoms with Gasteiger partial charge in [0.1, 0.15) is 0 Å². The second-order valence-corrected chi connectivity index (χ2v) is 9.05. The molecule has 21 heavy (non-hydrogen) atoms. The molecule has 4 nitrogen and oxygen atoms in total. The summed E-state index contributed by atoms with van der Waals surface area (Å²) in [6.45, 7) is 3.52. The number of rotatable bonds is 6. The summed E-state index contributed by atoms with van der Waals surface area (Å²) in [6, 6.07) is 4.75. The molecule has 1 aromatic rings. The van der Waals surface area contributed by atoms with Crippen molar-refractivity contribution in [2.24, 2.45) is 5.92 Å². The van der Waals surface area contributed by atoms with Crippen LogP contribution in [0.4, 0.5) is 0 Å². The fourth-order valence-corrected chi connectivity index (χ4v) is 5.02. The van der Waals surface area contributed by atoms with Crippen LogP contribution in [0, 0.1) is 5.92 Å². The van der Waals surface area contributed by atoms with Crippen molar-refractivity contribution >= 4 is 21.4 Å². The first-order chi connectivity index (χ1) is 9.94. The minimum atomic E-state index is -3.05. The van der Waals surface area contributed by atoms with E-state index in [2.05, 4.69) is 24.4 Å². The highest BCUT2D eigenvalue weighted by molar-refractivity contribution is 7.88. The van der Waals surface area contributed by atoms with E-state index >= 15 is 0 Å². The Kier molecular flexibility index (Phi) is 5.82.